The number of rotatable bonds is 5. The molecule has 0 unspecified atom stereocenters. The number of ether oxygens (including phenoxy) is 1. The van der Waals surface area contributed by atoms with Crippen LogP contribution in [0.4, 0.5) is 0 Å². The van der Waals surface area contributed by atoms with Crippen molar-refractivity contribution in [3.63, 3.8) is 0 Å². The summed E-state index contributed by atoms with van der Waals surface area (Å²) < 4.78 is 7.00. The molecule has 1 aliphatic heterocycles. The van der Waals surface area contributed by atoms with Gasteiger partial charge in [0.25, 0.3) is 0 Å². The largest absolute Gasteiger partial charge is 0.497 e. The number of likely N-dealkylation sites (N-methyl/N-ethyl adjacent to an activating group) is 1. The molecule has 7 nitrogen and oxygen atoms in total. The lowest BCUT2D eigenvalue weighted by Gasteiger charge is -2.10. The molecule has 0 saturated carbocycles. The quantitative estimate of drug-likeness (QED) is 0.860. The van der Waals surface area contributed by atoms with Gasteiger partial charge in [-0.05, 0) is 37.6 Å². The minimum atomic E-state index is -0.159. The minimum absolute atomic E-state index is 0.0468. The standard InChI is InChI=1S/C16H21N5O2/c1-3-17-16(22)14-8-12(9-18-14)21-10-15(19-20-21)11-4-6-13(23-2)7-5-11/h4-7,10,12,14,18H,3,8-9H2,1-2H3,(H,17,22)/t12-,14-/m0/s1. The average molecular weight is 315 g/mol. The first-order valence-electron chi connectivity index (χ1n) is 7.78. The van der Waals surface area contributed by atoms with E-state index in [4.69, 9.17) is 4.74 Å². The van der Waals surface area contributed by atoms with E-state index in [0.717, 1.165) is 23.4 Å². The van der Waals surface area contributed by atoms with E-state index in [2.05, 4.69) is 20.9 Å². The first-order chi connectivity index (χ1) is 11.2. The Balaban J connectivity index is 1.68. The van der Waals surface area contributed by atoms with E-state index >= 15 is 0 Å². The number of aromatic nitrogens is 3. The van der Waals surface area contributed by atoms with Crippen LogP contribution in [0.25, 0.3) is 11.3 Å². The van der Waals surface area contributed by atoms with Gasteiger partial charge >= 0.3 is 0 Å². The van der Waals surface area contributed by atoms with Crippen LogP contribution in [0.1, 0.15) is 19.4 Å². The SMILES string of the molecule is CCNC(=O)[C@@H]1C[C@H](n2cc(-c3ccc(OC)cc3)nn2)CN1. The molecule has 1 aliphatic rings. The summed E-state index contributed by atoms with van der Waals surface area (Å²) in [5.74, 6) is 0.858. The van der Waals surface area contributed by atoms with Gasteiger partial charge in [0, 0.05) is 18.7 Å². The zero-order valence-corrected chi connectivity index (χ0v) is 13.3. The monoisotopic (exact) mass is 315 g/mol. The number of benzene rings is 1. The second-order valence-corrected chi connectivity index (χ2v) is 5.56. The van der Waals surface area contributed by atoms with Crippen LogP contribution in [0, 0.1) is 0 Å². The second-order valence-electron chi connectivity index (χ2n) is 5.56. The molecule has 1 amide bonds. The molecule has 122 valence electrons. The third-order valence-corrected chi connectivity index (χ3v) is 4.05. The van der Waals surface area contributed by atoms with Gasteiger partial charge in [-0.2, -0.15) is 0 Å². The van der Waals surface area contributed by atoms with Gasteiger partial charge in [0.1, 0.15) is 11.4 Å². The zero-order valence-electron chi connectivity index (χ0n) is 13.3. The Morgan fingerprint density at radius 1 is 1.43 bits per heavy atom. The van der Waals surface area contributed by atoms with Crippen LogP contribution in [0.15, 0.2) is 30.5 Å². The highest BCUT2D eigenvalue weighted by Crippen LogP contribution is 2.23. The fourth-order valence-electron chi connectivity index (χ4n) is 2.76. The number of hydrogen-bond donors (Lipinski definition) is 2. The molecule has 0 aliphatic carbocycles. The lowest BCUT2D eigenvalue weighted by molar-refractivity contribution is -0.122. The number of hydrogen-bond acceptors (Lipinski definition) is 5. The van der Waals surface area contributed by atoms with Crippen molar-refractivity contribution in [2.75, 3.05) is 20.2 Å². The Bertz CT molecular complexity index is 667. The van der Waals surface area contributed by atoms with E-state index in [1.807, 2.05) is 42.1 Å². The van der Waals surface area contributed by atoms with Crippen molar-refractivity contribution < 1.29 is 9.53 Å². The van der Waals surface area contributed by atoms with Crippen LogP contribution < -0.4 is 15.4 Å². The maximum absolute atomic E-state index is 11.9. The Morgan fingerprint density at radius 2 is 2.22 bits per heavy atom. The molecule has 2 heterocycles. The third kappa shape index (κ3) is 3.34. The molecular formula is C16H21N5O2. The van der Waals surface area contributed by atoms with Crippen LogP contribution in [0.3, 0.4) is 0 Å². The predicted molar refractivity (Wildman–Crippen MR) is 86.1 cm³/mol. The number of methoxy groups -OCH3 is 1. The Hall–Kier alpha value is -2.41. The van der Waals surface area contributed by atoms with Crippen molar-refractivity contribution in [2.24, 2.45) is 0 Å². The van der Waals surface area contributed by atoms with Gasteiger partial charge in [-0.15, -0.1) is 5.10 Å². The summed E-state index contributed by atoms with van der Waals surface area (Å²) in [6, 6.07) is 7.69. The number of carbonyl (C=O) groups excluding carboxylic acids is 1. The maximum Gasteiger partial charge on any atom is 0.237 e. The molecule has 0 radical (unpaired) electrons. The van der Waals surface area contributed by atoms with Gasteiger partial charge in [0.05, 0.1) is 25.4 Å². The van der Waals surface area contributed by atoms with Crippen molar-refractivity contribution in [3.8, 4) is 17.0 Å². The molecule has 1 fully saturated rings. The maximum atomic E-state index is 11.9. The lowest BCUT2D eigenvalue weighted by atomic mass is 10.1. The predicted octanol–water partition coefficient (Wildman–Crippen LogP) is 0.993. The van der Waals surface area contributed by atoms with Crippen LogP contribution in [-0.4, -0.2) is 47.1 Å². The summed E-state index contributed by atoms with van der Waals surface area (Å²) in [6.45, 7) is 3.28. The van der Waals surface area contributed by atoms with E-state index in [-0.39, 0.29) is 18.0 Å². The molecule has 23 heavy (non-hydrogen) atoms. The van der Waals surface area contributed by atoms with Crippen molar-refractivity contribution in [1.29, 1.82) is 0 Å². The van der Waals surface area contributed by atoms with E-state index in [0.29, 0.717) is 13.1 Å². The first kappa shape index (κ1) is 15.5. The topological polar surface area (TPSA) is 81.1 Å². The summed E-state index contributed by atoms with van der Waals surface area (Å²) in [4.78, 5) is 11.9. The van der Waals surface area contributed by atoms with E-state index in [9.17, 15) is 4.79 Å². The number of carbonyl (C=O) groups is 1. The Kier molecular flexibility index (Phi) is 4.57. The first-order valence-corrected chi connectivity index (χ1v) is 7.78. The van der Waals surface area contributed by atoms with Crippen molar-refractivity contribution in [1.82, 2.24) is 25.6 Å². The highest BCUT2D eigenvalue weighted by molar-refractivity contribution is 5.82. The van der Waals surface area contributed by atoms with Crippen molar-refractivity contribution in [2.45, 2.75) is 25.4 Å². The lowest BCUT2D eigenvalue weighted by Crippen LogP contribution is -2.40. The molecule has 2 atom stereocenters. The van der Waals surface area contributed by atoms with E-state index in [1.54, 1.807) is 7.11 Å². The molecule has 2 N–H and O–H groups in total. The van der Waals surface area contributed by atoms with Crippen LogP contribution in [0.5, 0.6) is 5.75 Å². The smallest absolute Gasteiger partial charge is 0.237 e. The van der Waals surface area contributed by atoms with Gasteiger partial charge in [-0.1, -0.05) is 5.21 Å². The van der Waals surface area contributed by atoms with E-state index in [1.165, 1.54) is 0 Å². The highest BCUT2D eigenvalue weighted by atomic mass is 16.5. The molecule has 1 saturated heterocycles. The number of nitrogens with zero attached hydrogens (tertiary/aromatic N) is 3. The fraction of sp³-hybridized carbons (Fsp3) is 0.438. The Labute approximate surface area is 135 Å². The molecule has 0 bridgehead atoms. The van der Waals surface area contributed by atoms with Gasteiger partial charge < -0.3 is 15.4 Å². The highest BCUT2D eigenvalue weighted by Gasteiger charge is 2.30. The summed E-state index contributed by atoms with van der Waals surface area (Å²) in [5.41, 5.74) is 1.80. The second kappa shape index (κ2) is 6.78. The van der Waals surface area contributed by atoms with Gasteiger partial charge in [-0.25, -0.2) is 4.68 Å². The van der Waals surface area contributed by atoms with Crippen molar-refractivity contribution in [3.05, 3.63) is 30.5 Å². The summed E-state index contributed by atoms with van der Waals surface area (Å²) in [6.07, 6.45) is 2.64. The molecule has 0 spiro atoms. The van der Waals surface area contributed by atoms with Gasteiger partial charge in [0.15, 0.2) is 0 Å². The molecule has 1 aromatic heterocycles. The molecule has 2 aromatic rings. The molecule has 1 aromatic carbocycles. The summed E-state index contributed by atoms with van der Waals surface area (Å²) in [5, 5.41) is 14.5. The zero-order chi connectivity index (χ0) is 16.2. The average Bonchev–Trinajstić information content (AvgIpc) is 3.24. The normalized spacial score (nSPS) is 20.4. The fourth-order valence-corrected chi connectivity index (χ4v) is 2.76. The van der Waals surface area contributed by atoms with Gasteiger partial charge in [-0.3, -0.25) is 4.79 Å². The number of nitrogens with one attached hydrogen (secondary N) is 2. The molecule has 3 rings (SSSR count). The Morgan fingerprint density at radius 3 is 2.91 bits per heavy atom. The molecule has 7 heteroatoms. The minimum Gasteiger partial charge on any atom is -0.497 e. The van der Waals surface area contributed by atoms with Crippen LogP contribution >= 0.6 is 0 Å². The van der Waals surface area contributed by atoms with Crippen LogP contribution in [0.2, 0.25) is 0 Å². The van der Waals surface area contributed by atoms with Gasteiger partial charge in [0.2, 0.25) is 5.91 Å². The third-order valence-electron chi connectivity index (χ3n) is 4.05. The molecular weight excluding hydrogens is 294 g/mol. The van der Waals surface area contributed by atoms with E-state index < -0.39 is 0 Å². The summed E-state index contributed by atoms with van der Waals surface area (Å²) in [7, 11) is 1.64. The number of amides is 1. The van der Waals surface area contributed by atoms with Crippen LogP contribution in [-0.2, 0) is 4.79 Å². The summed E-state index contributed by atoms with van der Waals surface area (Å²) >= 11 is 0. The van der Waals surface area contributed by atoms with Crippen molar-refractivity contribution >= 4 is 5.91 Å².